The Morgan fingerprint density at radius 2 is 1.92 bits per heavy atom. The van der Waals surface area contributed by atoms with Crippen LogP contribution >= 0.6 is 0 Å². The Hall–Kier alpha value is -3.20. The molecule has 0 unspecified atom stereocenters. The van der Waals surface area contributed by atoms with Gasteiger partial charge in [-0.15, -0.1) is 0 Å². The van der Waals surface area contributed by atoms with E-state index in [0.29, 0.717) is 5.56 Å². The number of hydrogen-bond donors (Lipinski definition) is 0. The van der Waals surface area contributed by atoms with Crippen molar-refractivity contribution in [2.24, 2.45) is 0 Å². The van der Waals surface area contributed by atoms with Crippen molar-refractivity contribution < 1.29 is 23.0 Å². The number of ether oxygens (including phenoxy) is 2. The number of hydrogen-bond acceptors (Lipinski definition) is 4. The van der Waals surface area contributed by atoms with E-state index in [-0.39, 0.29) is 29.2 Å². The van der Waals surface area contributed by atoms with Gasteiger partial charge in [-0.1, -0.05) is 42.5 Å². The number of benzene rings is 2. The first kappa shape index (κ1) is 18.1. The van der Waals surface area contributed by atoms with Crippen LogP contribution in [-0.4, -0.2) is 19.0 Å². The van der Waals surface area contributed by atoms with Crippen LogP contribution in [0.1, 0.15) is 22.8 Å². The van der Waals surface area contributed by atoms with Crippen LogP contribution in [0.5, 0.6) is 11.5 Å². The predicted molar refractivity (Wildman–Crippen MR) is 88.6 cm³/mol. The number of para-hydroxylation sites is 1. The molecule has 0 saturated heterocycles. The molecule has 0 aliphatic carbocycles. The lowest BCUT2D eigenvalue weighted by molar-refractivity contribution is -0.0515. The van der Waals surface area contributed by atoms with E-state index in [1.807, 2.05) is 6.07 Å². The number of halogens is 2. The summed E-state index contributed by atoms with van der Waals surface area (Å²) < 4.78 is 35.3. The summed E-state index contributed by atoms with van der Waals surface area (Å²) in [6, 6.07) is 14.5. The van der Waals surface area contributed by atoms with Gasteiger partial charge < -0.3 is 9.47 Å². The topological polar surface area (TPSA) is 59.3 Å². The quantitative estimate of drug-likeness (QED) is 0.423. The fourth-order valence-corrected chi connectivity index (χ4v) is 2.18. The molecule has 128 valence electrons. The Kier molecular flexibility index (Phi) is 6.24. The van der Waals surface area contributed by atoms with E-state index in [0.717, 1.165) is 0 Å². The van der Waals surface area contributed by atoms with Crippen LogP contribution in [-0.2, 0) is 0 Å². The normalized spacial score (nSPS) is 11.1. The predicted octanol–water partition coefficient (Wildman–Crippen LogP) is 4.48. The summed E-state index contributed by atoms with van der Waals surface area (Å²) in [5.74, 6) is -0.609. The number of nitriles is 1. The van der Waals surface area contributed by atoms with Gasteiger partial charge in [0.1, 0.15) is 11.6 Å². The standard InChI is InChI=1S/C19H15F2NO3/c1-2-24-16-10-6-9-14(18(16)25-19(20)21)11-15(12-22)17(23)13-7-4-3-5-8-13/h3-11,19H,2H2,1H3/b15-11+. The second kappa shape index (κ2) is 8.60. The monoisotopic (exact) mass is 343 g/mol. The molecule has 0 aromatic heterocycles. The second-order valence-corrected chi connectivity index (χ2v) is 4.85. The van der Waals surface area contributed by atoms with Gasteiger partial charge >= 0.3 is 6.61 Å². The first-order valence-electron chi connectivity index (χ1n) is 7.49. The highest BCUT2D eigenvalue weighted by Crippen LogP contribution is 2.34. The molecule has 2 aromatic rings. The van der Waals surface area contributed by atoms with Crippen molar-refractivity contribution in [1.29, 1.82) is 5.26 Å². The van der Waals surface area contributed by atoms with E-state index in [1.165, 1.54) is 18.2 Å². The van der Waals surface area contributed by atoms with Crippen molar-refractivity contribution in [3.63, 3.8) is 0 Å². The molecule has 0 saturated carbocycles. The highest BCUT2D eigenvalue weighted by molar-refractivity contribution is 6.14. The Morgan fingerprint density at radius 3 is 2.52 bits per heavy atom. The van der Waals surface area contributed by atoms with Crippen molar-refractivity contribution >= 4 is 11.9 Å². The minimum atomic E-state index is -3.07. The van der Waals surface area contributed by atoms with Gasteiger partial charge in [-0.05, 0) is 19.1 Å². The molecule has 0 fully saturated rings. The SMILES string of the molecule is CCOc1cccc(/C=C(\C#N)C(=O)c2ccccc2)c1OC(F)F. The smallest absolute Gasteiger partial charge is 0.387 e. The molecule has 0 radical (unpaired) electrons. The van der Waals surface area contributed by atoms with Crippen LogP contribution in [0, 0.1) is 11.3 Å². The molecule has 0 bridgehead atoms. The molecule has 0 spiro atoms. The molecular weight excluding hydrogens is 328 g/mol. The number of carbonyl (C=O) groups is 1. The first-order valence-corrected chi connectivity index (χ1v) is 7.49. The number of ketones is 1. The number of Topliss-reactive ketones (excluding diaryl/α,β-unsaturated/α-hetero) is 1. The largest absolute Gasteiger partial charge is 0.490 e. The van der Waals surface area contributed by atoms with Crippen LogP contribution in [0.15, 0.2) is 54.1 Å². The summed E-state index contributed by atoms with van der Waals surface area (Å²) >= 11 is 0. The van der Waals surface area contributed by atoms with Gasteiger partial charge in [0.15, 0.2) is 11.5 Å². The van der Waals surface area contributed by atoms with Crippen molar-refractivity contribution in [1.82, 2.24) is 0 Å². The molecular formula is C19H15F2NO3. The van der Waals surface area contributed by atoms with E-state index in [1.54, 1.807) is 43.3 Å². The zero-order chi connectivity index (χ0) is 18.2. The van der Waals surface area contributed by atoms with Crippen LogP contribution < -0.4 is 9.47 Å². The van der Waals surface area contributed by atoms with Gasteiger partial charge in [-0.3, -0.25) is 4.79 Å². The van der Waals surface area contributed by atoms with Crippen LogP contribution in [0.25, 0.3) is 6.08 Å². The van der Waals surface area contributed by atoms with Gasteiger partial charge in [0.05, 0.1) is 6.61 Å². The molecule has 2 aromatic carbocycles. The van der Waals surface area contributed by atoms with Crippen LogP contribution in [0.4, 0.5) is 8.78 Å². The maximum absolute atomic E-state index is 12.7. The molecule has 0 aliphatic heterocycles. The average molecular weight is 343 g/mol. The van der Waals surface area contributed by atoms with Crippen molar-refractivity contribution in [2.45, 2.75) is 13.5 Å². The molecule has 2 rings (SSSR count). The number of allylic oxidation sites excluding steroid dienone is 1. The van der Waals surface area contributed by atoms with Crippen LogP contribution in [0.3, 0.4) is 0 Å². The third-order valence-electron chi connectivity index (χ3n) is 3.22. The Labute approximate surface area is 143 Å². The summed E-state index contributed by atoms with van der Waals surface area (Å²) in [5.41, 5.74) is 0.290. The second-order valence-electron chi connectivity index (χ2n) is 4.85. The van der Waals surface area contributed by atoms with Gasteiger partial charge in [-0.25, -0.2) is 0 Å². The number of rotatable bonds is 7. The Morgan fingerprint density at radius 1 is 1.20 bits per heavy atom. The zero-order valence-corrected chi connectivity index (χ0v) is 13.4. The highest BCUT2D eigenvalue weighted by atomic mass is 19.3. The fraction of sp³-hybridized carbons (Fsp3) is 0.158. The molecule has 6 heteroatoms. The third-order valence-corrected chi connectivity index (χ3v) is 3.22. The molecule has 0 amide bonds. The van der Waals surface area contributed by atoms with Crippen LogP contribution in [0.2, 0.25) is 0 Å². The fourth-order valence-electron chi connectivity index (χ4n) is 2.18. The van der Waals surface area contributed by atoms with E-state index in [9.17, 15) is 18.8 Å². The van der Waals surface area contributed by atoms with Crippen molar-refractivity contribution in [3.8, 4) is 17.6 Å². The van der Waals surface area contributed by atoms with Crippen molar-refractivity contribution in [2.75, 3.05) is 6.61 Å². The molecule has 0 N–H and O–H groups in total. The molecule has 0 atom stereocenters. The molecule has 0 aliphatic rings. The first-order chi connectivity index (χ1) is 12.1. The van der Waals surface area contributed by atoms with E-state index < -0.39 is 12.4 Å². The molecule has 0 heterocycles. The highest BCUT2D eigenvalue weighted by Gasteiger charge is 2.17. The van der Waals surface area contributed by atoms with E-state index >= 15 is 0 Å². The summed E-state index contributed by atoms with van der Waals surface area (Å²) in [4.78, 5) is 12.4. The number of carbonyl (C=O) groups excluding carboxylic acids is 1. The lowest BCUT2D eigenvalue weighted by Crippen LogP contribution is -2.07. The van der Waals surface area contributed by atoms with Crippen molar-refractivity contribution in [3.05, 3.63) is 65.2 Å². The summed E-state index contributed by atoms with van der Waals surface area (Å²) in [6.07, 6.45) is 1.22. The summed E-state index contributed by atoms with van der Waals surface area (Å²) in [5, 5.41) is 9.31. The van der Waals surface area contributed by atoms with Gasteiger partial charge in [-0.2, -0.15) is 14.0 Å². The lowest BCUT2D eigenvalue weighted by Gasteiger charge is -2.13. The third kappa shape index (κ3) is 4.64. The number of alkyl halides is 2. The van der Waals surface area contributed by atoms with Gasteiger partial charge in [0, 0.05) is 11.1 Å². The van der Waals surface area contributed by atoms with E-state index in [2.05, 4.69) is 4.74 Å². The summed E-state index contributed by atoms with van der Waals surface area (Å²) in [6.45, 7) is -1.11. The average Bonchev–Trinajstić information content (AvgIpc) is 2.62. The minimum Gasteiger partial charge on any atom is -0.490 e. The maximum Gasteiger partial charge on any atom is 0.387 e. The van der Waals surface area contributed by atoms with Gasteiger partial charge in [0.2, 0.25) is 5.78 Å². The maximum atomic E-state index is 12.7. The lowest BCUT2D eigenvalue weighted by atomic mass is 10.0. The van der Waals surface area contributed by atoms with Gasteiger partial charge in [0.25, 0.3) is 0 Å². The summed E-state index contributed by atoms with van der Waals surface area (Å²) in [7, 11) is 0. The molecule has 4 nitrogen and oxygen atoms in total. The zero-order valence-electron chi connectivity index (χ0n) is 13.4. The minimum absolute atomic E-state index is 0.112. The van der Waals surface area contributed by atoms with E-state index in [4.69, 9.17) is 4.74 Å². The Balaban J connectivity index is 2.48. The number of nitrogens with zero attached hydrogens (tertiary/aromatic N) is 1. The molecule has 25 heavy (non-hydrogen) atoms. The Bertz CT molecular complexity index is 811.